The first-order chi connectivity index (χ1) is 9.58. The Labute approximate surface area is 117 Å². The lowest BCUT2D eigenvalue weighted by molar-refractivity contribution is 0.102. The van der Waals surface area contributed by atoms with Crippen molar-refractivity contribution in [2.24, 2.45) is 12.8 Å². The molecule has 2 aromatic rings. The van der Waals surface area contributed by atoms with Crippen LogP contribution in [0.25, 0.3) is 0 Å². The summed E-state index contributed by atoms with van der Waals surface area (Å²) in [6, 6.07) is 7.21. The molecule has 1 aromatic heterocycles. The third-order valence-electron chi connectivity index (χ3n) is 2.63. The number of hydrogen-bond donors (Lipinski definition) is 2. The minimum atomic E-state index is -0.205. The van der Waals surface area contributed by atoms with Gasteiger partial charge in [0.2, 0.25) is 0 Å². The number of aryl methyl sites for hydroxylation is 2. The molecule has 1 amide bonds. The quantitative estimate of drug-likeness (QED) is 0.806. The van der Waals surface area contributed by atoms with Crippen molar-refractivity contribution in [2.45, 2.75) is 6.92 Å². The molecule has 0 fully saturated rings. The zero-order valence-electron chi connectivity index (χ0n) is 11.5. The molecule has 102 valence electrons. The normalized spacial score (nSPS) is 9.75. The van der Waals surface area contributed by atoms with E-state index in [2.05, 4.69) is 22.3 Å². The minimum absolute atomic E-state index is 0.205. The zero-order valence-corrected chi connectivity index (χ0v) is 11.5. The fraction of sp³-hybridized carbons (Fsp3) is 0.200. The summed E-state index contributed by atoms with van der Waals surface area (Å²) < 4.78 is 1.63. The fourth-order valence-electron chi connectivity index (χ4n) is 1.81. The van der Waals surface area contributed by atoms with Crippen molar-refractivity contribution in [1.82, 2.24) is 9.78 Å². The van der Waals surface area contributed by atoms with Crippen LogP contribution in [0.15, 0.2) is 30.5 Å². The van der Waals surface area contributed by atoms with E-state index in [0.29, 0.717) is 17.9 Å². The molecule has 1 aromatic carbocycles. The van der Waals surface area contributed by atoms with Crippen LogP contribution in [0.4, 0.5) is 5.82 Å². The number of hydrogen-bond acceptors (Lipinski definition) is 3. The number of carbonyl (C=O) groups is 1. The van der Waals surface area contributed by atoms with E-state index in [1.54, 1.807) is 30.1 Å². The van der Waals surface area contributed by atoms with Gasteiger partial charge in [0.25, 0.3) is 5.91 Å². The molecule has 0 saturated carbocycles. The van der Waals surface area contributed by atoms with E-state index in [1.165, 1.54) is 0 Å². The molecule has 5 nitrogen and oxygen atoms in total. The third-order valence-corrected chi connectivity index (χ3v) is 2.63. The van der Waals surface area contributed by atoms with Crippen LogP contribution in [0.5, 0.6) is 0 Å². The van der Waals surface area contributed by atoms with Gasteiger partial charge in [-0.2, -0.15) is 5.10 Å². The van der Waals surface area contributed by atoms with E-state index in [1.807, 2.05) is 19.1 Å². The molecule has 5 heteroatoms. The highest BCUT2D eigenvalue weighted by atomic mass is 16.1. The maximum absolute atomic E-state index is 12.2. The Hall–Kier alpha value is -2.58. The Bertz CT molecular complexity index is 691. The van der Waals surface area contributed by atoms with Crippen LogP contribution in [0.2, 0.25) is 0 Å². The zero-order chi connectivity index (χ0) is 14.5. The van der Waals surface area contributed by atoms with Gasteiger partial charge >= 0.3 is 0 Å². The summed E-state index contributed by atoms with van der Waals surface area (Å²) in [6.45, 7) is 2.22. The summed E-state index contributed by atoms with van der Waals surface area (Å²) in [7, 11) is 1.79. The largest absolute Gasteiger partial charge is 0.320 e. The second kappa shape index (κ2) is 6.04. The van der Waals surface area contributed by atoms with Crippen LogP contribution < -0.4 is 11.1 Å². The average molecular weight is 268 g/mol. The predicted octanol–water partition coefficient (Wildman–Crippen LogP) is 1.29. The first-order valence-electron chi connectivity index (χ1n) is 6.20. The molecule has 0 aliphatic heterocycles. The molecule has 0 atom stereocenters. The average Bonchev–Trinajstić information content (AvgIpc) is 2.81. The minimum Gasteiger partial charge on any atom is -0.320 e. The molecule has 3 N–H and O–H groups in total. The smallest absolute Gasteiger partial charge is 0.256 e. The number of amides is 1. The number of anilines is 1. The SMILES string of the molecule is Cc1cc(C#CCN)cc(C(=O)Nc2ccn(C)n2)c1. The number of benzene rings is 1. The molecule has 0 radical (unpaired) electrons. The first kappa shape index (κ1) is 13.8. The molecular formula is C15H16N4O. The summed E-state index contributed by atoms with van der Waals surface area (Å²) in [4.78, 5) is 12.2. The van der Waals surface area contributed by atoms with Gasteiger partial charge in [-0.05, 0) is 30.7 Å². The lowest BCUT2D eigenvalue weighted by Gasteiger charge is -2.04. The van der Waals surface area contributed by atoms with Crippen LogP contribution in [0, 0.1) is 18.8 Å². The highest BCUT2D eigenvalue weighted by Gasteiger charge is 2.09. The van der Waals surface area contributed by atoms with Crippen molar-refractivity contribution in [3.05, 3.63) is 47.2 Å². The standard InChI is InChI=1S/C15H16N4O/c1-11-8-12(4-3-6-16)10-13(9-11)15(20)17-14-5-7-19(2)18-14/h5,7-10H,6,16H2,1-2H3,(H,17,18,20). The number of nitrogens with zero attached hydrogens (tertiary/aromatic N) is 2. The number of aromatic nitrogens is 2. The van der Waals surface area contributed by atoms with Crippen molar-refractivity contribution in [3.63, 3.8) is 0 Å². The van der Waals surface area contributed by atoms with Gasteiger partial charge in [0.05, 0.1) is 6.54 Å². The first-order valence-corrected chi connectivity index (χ1v) is 6.20. The van der Waals surface area contributed by atoms with E-state index in [-0.39, 0.29) is 5.91 Å². The summed E-state index contributed by atoms with van der Waals surface area (Å²) >= 11 is 0. The monoisotopic (exact) mass is 268 g/mol. The summed E-state index contributed by atoms with van der Waals surface area (Å²) in [6.07, 6.45) is 1.77. The number of carbonyl (C=O) groups excluding carboxylic acids is 1. The molecule has 20 heavy (non-hydrogen) atoms. The van der Waals surface area contributed by atoms with Crippen LogP contribution >= 0.6 is 0 Å². The van der Waals surface area contributed by atoms with Gasteiger partial charge < -0.3 is 11.1 Å². The molecule has 0 unspecified atom stereocenters. The maximum Gasteiger partial charge on any atom is 0.256 e. The Kier molecular flexibility index (Phi) is 4.18. The van der Waals surface area contributed by atoms with E-state index >= 15 is 0 Å². The molecule has 0 bridgehead atoms. The van der Waals surface area contributed by atoms with E-state index < -0.39 is 0 Å². The molecule has 0 spiro atoms. The predicted molar refractivity (Wildman–Crippen MR) is 78.3 cm³/mol. The van der Waals surface area contributed by atoms with Crippen molar-refractivity contribution in [2.75, 3.05) is 11.9 Å². The van der Waals surface area contributed by atoms with Gasteiger partial charge in [-0.3, -0.25) is 9.48 Å². The lowest BCUT2D eigenvalue weighted by atomic mass is 10.1. The lowest BCUT2D eigenvalue weighted by Crippen LogP contribution is -2.13. The van der Waals surface area contributed by atoms with Gasteiger partial charge in [0.15, 0.2) is 5.82 Å². The van der Waals surface area contributed by atoms with Crippen LogP contribution in [-0.2, 0) is 7.05 Å². The van der Waals surface area contributed by atoms with E-state index in [4.69, 9.17) is 5.73 Å². The molecular weight excluding hydrogens is 252 g/mol. The topological polar surface area (TPSA) is 72.9 Å². The molecule has 0 saturated heterocycles. The highest BCUT2D eigenvalue weighted by molar-refractivity contribution is 6.04. The molecule has 1 heterocycles. The van der Waals surface area contributed by atoms with E-state index in [9.17, 15) is 4.79 Å². The Morgan fingerprint density at radius 3 is 2.90 bits per heavy atom. The second-order valence-electron chi connectivity index (χ2n) is 4.42. The van der Waals surface area contributed by atoms with Gasteiger partial charge in [0, 0.05) is 30.4 Å². The van der Waals surface area contributed by atoms with Crippen molar-refractivity contribution in [1.29, 1.82) is 0 Å². The fourth-order valence-corrected chi connectivity index (χ4v) is 1.81. The van der Waals surface area contributed by atoms with Gasteiger partial charge in [-0.1, -0.05) is 11.8 Å². The van der Waals surface area contributed by atoms with Crippen LogP contribution in [-0.4, -0.2) is 22.2 Å². The van der Waals surface area contributed by atoms with Gasteiger partial charge in [-0.25, -0.2) is 0 Å². The van der Waals surface area contributed by atoms with Crippen LogP contribution in [0.1, 0.15) is 21.5 Å². The van der Waals surface area contributed by atoms with Gasteiger partial charge in [0.1, 0.15) is 0 Å². The Morgan fingerprint density at radius 1 is 1.45 bits per heavy atom. The second-order valence-corrected chi connectivity index (χ2v) is 4.42. The number of nitrogens with two attached hydrogens (primary N) is 1. The van der Waals surface area contributed by atoms with Crippen molar-refractivity contribution in [3.8, 4) is 11.8 Å². The van der Waals surface area contributed by atoms with Crippen molar-refractivity contribution >= 4 is 11.7 Å². The molecule has 2 rings (SSSR count). The Morgan fingerprint density at radius 2 is 2.25 bits per heavy atom. The summed E-state index contributed by atoms with van der Waals surface area (Å²) in [5.74, 6) is 6.03. The van der Waals surface area contributed by atoms with Crippen molar-refractivity contribution < 1.29 is 4.79 Å². The number of rotatable bonds is 2. The van der Waals surface area contributed by atoms with Gasteiger partial charge in [-0.15, -0.1) is 0 Å². The number of nitrogens with one attached hydrogen (secondary N) is 1. The van der Waals surface area contributed by atoms with Crippen LogP contribution in [0.3, 0.4) is 0 Å². The summed E-state index contributed by atoms with van der Waals surface area (Å²) in [5.41, 5.74) is 7.66. The highest BCUT2D eigenvalue weighted by Crippen LogP contribution is 2.11. The third kappa shape index (κ3) is 3.46. The molecule has 0 aliphatic rings. The summed E-state index contributed by atoms with van der Waals surface area (Å²) in [5, 5.41) is 6.86. The molecule has 0 aliphatic carbocycles. The maximum atomic E-state index is 12.2. The van der Waals surface area contributed by atoms with E-state index in [0.717, 1.165) is 11.1 Å². The Balaban J connectivity index is 2.23.